The maximum absolute atomic E-state index is 12.8. The molecule has 4 heterocycles. The average molecular weight is 978 g/mol. The summed E-state index contributed by atoms with van der Waals surface area (Å²) >= 11 is 2.08. The van der Waals surface area contributed by atoms with Crippen molar-refractivity contribution in [1.29, 1.82) is 0 Å². The van der Waals surface area contributed by atoms with Crippen molar-refractivity contribution < 1.29 is 90.4 Å². The Bertz CT molecular complexity index is 2210. The summed E-state index contributed by atoms with van der Waals surface area (Å²) in [7, 11) is -16.5. The van der Waals surface area contributed by atoms with Crippen LogP contribution in [0, 0.1) is 5.41 Å². The van der Waals surface area contributed by atoms with E-state index < -0.39 is 90.2 Å². The summed E-state index contributed by atoms with van der Waals surface area (Å²) in [6.45, 7) is 1.40. The molecule has 1 fully saturated rings. The molecule has 2 amide bonds. The number of aromatic nitrogens is 4. The Hall–Kier alpha value is -3.11. The third-order valence-electron chi connectivity index (χ3n) is 8.87. The number of amides is 2. The first-order chi connectivity index (χ1) is 28.7. The van der Waals surface area contributed by atoms with Gasteiger partial charge in [-0.15, -0.1) is 11.3 Å². The Balaban J connectivity index is 1.20. The van der Waals surface area contributed by atoms with Crippen molar-refractivity contribution in [3.63, 3.8) is 0 Å². The minimum atomic E-state index is -5.62. The molecule has 1 saturated heterocycles. The lowest BCUT2D eigenvalue weighted by Crippen LogP contribution is -2.46. The molecule has 1 aliphatic heterocycles. The molecule has 62 heavy (non-hydrogen) atoms. The predicted octanol–water partition coefficient (Wildman–Crippen LogP) is -0.0757. The van der Waals surface area contributed by atoms with Crippen molar-refractivity contribution in [2.24, 2.45) is 5.41 Å². The highest BCUT2D eigenvalue weighted by Gasteiger charge is 2.57. The molecule has 0 aromatic carbocycles. The standard InChI is InChI=1S/C31H46N7O19P3S2/c1-30(2,26(44)29(45)34-7-6-21(41)33-8-10-62-22(42)12-17(39)11-18(40)20-5-4-9-61-20)14-54-60(51,52)57-59(49,50)53-13-19-24(56-58(46,47)48)25(43)31(3,55-19)38-16-37-23-27(32)35-15-36-28(23)38/h4-5,9,15-17,19,24-26,39,43-44H,6-8,10-14H2,1-3H3,(H,33,41)(H,34,45)(H,49,50)(H,51,52)(H2,32,35,36)(H2,46,47,48). The topological polar surface area (TPSA) is 401 Å². The Morgan fingerprint density at radius 3 is 2.40 bits per heavy atom. The van der Waals surface area contributed by atoms with Crippen molar-refractivity contribution in [3.8, 4) is 0 Å². The summed E-state index contributed by atoms with van der Waals surface area (Å²) in [6, 6.07) is 3.32. The van der Waals surface area contributed by atoms with Crippen LogP contribution >= 0.6 is 46.6 Å². The van der Waals surface area contributed by atoms with Crippen LogP contribution in [-0.4, -0.2) is 140 Å². The smallest absolute Gasteiger partial charge is 0.392 e. The number of Topliss-reactive ketones (excluding diaryl/α,β-unsaturated/α-hetero) is 1. The van der Waals surface area contributed by atoms with Crippen LogP contribution in [0.2, 0.25) is 0 Å². The van der Waals surface area contributed by atoms with Gasteiger partial charge in [-0.3, -0.25) is 37.3 Å². The first kappa shape index (κ1) is 51.5. The van der Waals surface area contributed by atoms with Crippen LogP contribution in [0.15, 0.2) is 30.2 Å². The second-order valence-corrected chi connectivity index (χ2v) is 20.7. The summed E-state index contributed by atoms with van der Waals surface area (Å²) in [5, 5.41) is 38.0. The highest BCUT2D eigenvalue weighted by atomic mass is 32.2. The number of nitrogens with zero attached hydrogens (tertiary/aromatic N) is 4. The average Bonchev–Trinajstić information content (AvgIpc) is 3.92. The van der Waals surface area contributed by atoms with Gasteiger partial charge in [0, 0.05) is 43.5 Å². The van der Waals surface area contributed by atoms with Crippen LogP contribution < -0.4 is 16.4 Å². The number of thioether (sulfide) groups is 1. The Labute approximate surface area is 360 Å². The van der Waals surface area contributed by atoms with E-state index in [1.54, 1.807) is 17.5 Å². The number of nitrogens with two attached hydrogens (primary N) is 1. The number of imidazole rings is 1. The third kappa shape index (κ3) is 14.5. The van der Waals surface area contributed by atoms with E-state index in [0.717, 1.165) is 29.0 Å². The molecular weight excluding hydrogens is 931 g/mol. The number of carbonyl (C=O) groups is 4. The quantitative estimate of drug-likeness (QED) is 0.0319. The number of anilines is 1. The van der Waals surface area contributed by atoms with Crippen molar-refractivity contribution in [3.05, 3.63) is 35.0 Å². The van der Waals surface area contributed by atoms with E-state index in [9.17, 15) is 67.8 Å². The van der Waals surface area contributed by atoms with Crippen LogP contribution in [0.25, 0.3) is 11.2 Å². The number of hydrogen-bond donors (Lipinski definition) is 10. The predicted molar refractivity (Wildman–Crippen MR) is 216 cm³/mol. The van der Waals surface area contributed by atoms with E-state index in [-0.39, 0.29) is 66.0 Å². The molecule has 1 aliphatic rings. The van der Waals surface area contributed by atoms with Gasteiger partial charge in [0.25, 0.3) is 0 Å². The van der Waals surface area contributed by atoms with Gasteiger partial charge in [0.05, 0.1) is 30.5 Å². The summed E-state index contributed by atoms with van der Waals surface area (Å²) < 4.78 is 62.7. The molecule has 11 N–H and O–H groups in total. The number of aliphatic hydroxyl groups is 3. The lowest BCUT2D eigenvalue weighted by molar-refractivity contribution is -0.137. The first-order valence-corrected chi connectivity index (χ1v) is 24.4. The molecule has 0 bridgehead atoms. The molecule has 3 aromatic rings. The fraction of sp³-hybridized carbons (Fsp3) is 0.581. The number of fused-ring (bicyclic) bond motifs is 1. The molecule has 8 atom stereocenters. The maximum atomic E-state index is 12.8. The first-order valence-electron chi connectivity index (χ1n) is 18.1. The molecule has 4 rings (SSSR count). The van der Waals surface area contributed by atoms with E-state index in [0.29, 0.717) is 4.88 Å². The molecular formula is C31H46N7O19P3S2. The van der Waals surface area contributed by atoms with Gasteiger partial charge >= 0.3 is 23.5 Å². The van der Waals surface area contributed by atoms with E-state index >= 15 is 0 Å². The largest absolute Gasteiger partial charge is 0.481 e. The summed E-state index contributed by atoms with van der Waals surface area (Å²) in [6.07, 6.45) is -7.29. The highest BCUT2D eigenvalue weighted by Crippen LogP contribution is 2.61. The Morgan fingerprint density at radius 1 is 1.05 bits per heavy atom. The van der Waals surface area contributed by atoms with Gasteiger partial charge < -0.3 is 56.0 Å². The van der Waals surface area contributed by atoms with Gasteiger partial charge in [-0.25, -0.2) is 28.6 Å². The number of rotatable bonds is 24. The van der Waals surface area contributed by atoms with Gasteiger partial charge in [0.15, 0.2) is 28.1 Å². The van der Waals surface area contributed by atoms with Crippen molar-refractivity contribution >= 4 is 86.3 Å². The third-order valence-corrected chi connectivity index (χ3v) is 13.8. The van der Waals surface area contributed by atoms with Crippen molar-refractivity contribution in [1.82, 2.24) is 30.2 Å². The van der Waals surface area contributed by atoms with E-state index in [2.05, 4.69) is 29.9 Å². The SMILES string of the molecule is CC(C)(COP(=O)(O)OP(=O)(O)OCC1OC(C)(n2cnc3c(N)ncnc32)C(O)C1OP(=O)(O)O)C(O)C(=O)NCCC(=O)NCCSC(=O)CC(O)CC(=O)c1cccs1. The number of phosphoric ester groups is 3. The van der Waals surface area contributed by atoms with Crippen LogP contribution in [0.5, 0.6) is 0 Å². The second-order valence-electron chi connectivity index (χ2n) is 14.3. The normalized spacial score (nSPS) is 22.4. The fourth-order valence-electron chi connectivity index (χ4n) is 5.68. The number of carbonyl (C=O) groups excluding carboxylic acids is 4. The number of phosphoric acid groups is 3. The zero-order valence-corrected chi connectivity index (χ0v) is 37.3. The summed E-state index contributed by atoms with van der Waals surface area (Å²) in [5.74, 6) is -1.71. The lowest BCUT2D eigenvalue weighted by atomic mass is 9.87. The highest BCUT2D eigenvalue weighted by molar-refractivity contribution is 8.13. The molecule has 0 radical (unpaired) electrons. The molecule has 26 nitrogen and oxygen atoms in total. The molecule has 3 aromatic heterocycles. The number of aliphatic hydroxyl groups excluding tert-OH is 3. The number of hydrogen-bond acceptors (Lipinski definition) is 21. The van der Waals surface area contributed by atoms with Crippen LogP contribution in [-0.2, 0) is 56.4 Å². The number of nitrogens with one attached hydrogen (secondary N) is 2. The van der Waals surface area contributed by atoms with Gasteiger partial charge in [0.1, 0.15) is 36.3 Å². The molecule has 0 aliphatic carbocycles. The van der Waals surface area contributed by atoms with Crippen LogP contribution in [0.4, 0.5) is 5.82 Å². The number of ketones is 1. The second kappa shape index (κ2) is 21.3. The van der Waals surface area contributed by atoms with E-state index in [1.807, 2.05) is 0 Å². The molecule has 8 unspecified atom stereocenters. The van der Waals surface area contributed by atoms with Crippen LogP contribution in [0.1, 0.15) is 49.7 Å². The zero-order valence-electron chi connectivity index (χ0n) is 33.0. The fourth-order valence-corrected chi connectivity index (χ4v) is 9.92. The molecule has 31 heteroatoms. The summed E-state index contributed by atoms with van der Waals surface area (Å²) in [5.41, 5.74) is 2.23. The van der Waals surface area contributed by atoms with Gasteiger partial charge in [-0.05, 0) is 18.4 Å². The van der Waals surface area contributed by atoms with Crippen LogP contribution in [0.3, 0.4) is 0 Å². The number of ether oxygens (including phenoxy) is 1. The zero-order chi connectivity index (χ0) is 46.3. The van der Waals surface area contributed by atoms with Crippen molar-refractivity contribution in [2.75, 3.05) is 37.8 Å². The maximum Gasteiger partial charge on any atom is 0.481 e. The Morgan fingerprint density at radius 2 is 1.74 bits per heavy atom. The van der Waals surface area contributed by atoms with E-state index in [4.69, 9.17) is 24.0 Å². The lowest BCUT2D eigenvalue weighted by Gasteiger charge is -2.30. The van der Waals surface area contributed by atoms with Gasteiger partial charge in [-0.2, -0.15) is 4.31 Å². The summed E-state index contributed by atoms with van der Waals surface area (Å²) in [4.78, 5) is 101. The molecule has 346 valence electrons. The monoisotopic (exact) mass is 977 g/mol. The minimum absolute atomic E-state index is 0.00740. The molecule has 0 saturated carbocycles. The van der Waals surface area contributed by atoms with Gasteiger partial charge in [-0.1, -0.05) is 31.7 Å². The number of thiophene rings is 1. The van der Waals surface area contributed by atoms with E-state index in [1.165, 1.54) is 32.1 Å². The Kier molecular flexibility index (Phi) is 17.7. The van der Waals surface area contributed by atoms with Gasteiger partial charge in [0.2, 0.25) is 11.8 Å². The molecule has 0 spiro atoms. The van der Waals surface area contributed by atoms with Crippen molar-refractivity contribution in [2.45, 2.75) is 76.3 Å². The minimum Gasteiger partial charge on any atom is -0.392 e. The number of nitrogen functional groups attached to an aromatic ring is 1.